The number of nitrogens with one attached hydrogen (secondary N) is 1. The fourth-order valence-electron chi connectivity index (χ4n) is 1.65. The van der Waals surface area contributed by atoms with E-state index in [1.165, 1.54) is 6.07 Å². The highest BCUT2D eigenvalue weighted by Crippen LogP contribution is 2.10. The van der Waals surface area contributed by atoms with E-state index in [0.29, 0.717) is 25.2 Å². The lowest BCUT2D eigenvalue weighted by molar-refractivity contribution is -0.132. The lowest BCUT2D eigenvalue weighted by atomic mass is 10.2. The lowest BCUT2D eigenvalue weighted by Crippen LogP contribution is -2.47. The van der Waals surface area contributed by atoms with Crippen molar-refractivity contribution in [3.8, 4) is 0 Å². The monoisotopic (exact) mass is 208 g/mol. The molecule has 15 heavy (non-hydrogen) atoms. The van der Waals surface area contributed by atoms with Gasteiger partial charge in [0.2, 0.25) is 5.91 Å². The van der Waals surface area contributed by atoms with Crippen LogP contribution in [-0.2, 0) is 11.3 Å². The zero-order chi connectivity index (χ0) is 10.7. The summed E-state index contributed by atoms with van der Waals surface area (Å²) in [6.07, 6.45) is 0. The van der Waals surface area contributed by atoms with Crippen molar-refractivity contribution in [2.45, 2.75) is 6.54 Å². The van der Waals surface area contributed by atoms with Crippen molar-refractivity contribution in [2.75, 3.05) is 19.6 Å². The SMILES string of the molecule is O=C1CNCCN1Cc1ccccc1F. The molecule has 1 amide bonds. The summed E-state index contributed by atoms with van der Waals surface area (Å²) in [5.41, 5.74) is 0.577. The molecule has 2 rings (SSSR count). The van der Waals surface area contributed by atoms with Gasteiger partial charge in [-0.1, -0.05) is 18.2 Å². The van der Waals surface area contributed by atoms with Crippen molar-refractivity contribution in [3.63, 3.8) is 0 Å². The van der Waals surface area contributed by atoms with Crippen LogP contribution in [-0.4, -0.2) is 30.4 Å². The highest BCUT2D eigenvalue weighted by molar-refractivity contribution is 5.78. The van der Waals surface area contributed by atoms with E-state index in [-0.39, 0.29) is 11.7 Å². The Morgan fingerprint density at radius 1 is 1.40 bits per heavy atom. The summed E-state index contributed by atoms with van der Waals surface area (Å²) >= 11 is 0. The molecule has 0 aromatic heterocycles. The van der Waals surface area contributed by atoms with Crippen molar-refractivity contribution in [2.24, 2.45) is 0 Å². The molecule has 0 saturated carbocycles. The highest BCUT2D eigenvalue weighted by atomic mass is 19.1. The first kappa shape index (κ1) is 10.1. The molecule has 1 N–H and O–H groups in total. The van der Waals surface area contributed by atoms with Gasteiger partial charge in [-0.3, -0.25) is 4.79 Å². The largest absolute Gasteiger partial charge is 0.336 e. The number of hydrogen-bond acceptors (Lipinski definition) is 2. The summed E-state index contributed by atoms with van der Waals surface area (Å²) < 4.78 is 13.3. The smallest absolute Gasteiger partial charge is 0.236 e. The Balaban J connectivity index is 2.08. The second-order valence-corrected chi connectivity index (χ2v) is 3.58. The van der Waals surface area contributed by atoms with Gasteiger partial charge >= 0.3 is 0 Å². The number of nitrogens with zero attached hydrogens (tertiary/aromatic N) is 1. The molecule has 0 radical (unpaired) electrons. The summed E-state index contributed by atoms with van der Waals surface area (Å²) in [4.78, 5) is 13.1. The summed E-state index contributed by atoms with van der Waals surface area (Å²) in [7, 11) is 0. The van der Waals surface area contributed by atoms with Crippen molar-refractivity contribution in [1.82, 2.24) is 10.2 Å². The second kappa shape index (κ2) is 4.40. The van der Waals surface area contributed by atoms with Gasteiger partial charge in [0, 0.05) is 25.2 Å². The zero-order valence-corrected chi connectivity index (χ0v) is 8.37. The van der Waals surface area contributed by atoms with Crippen molar-refractivity contribution in [3.05, 3.63) is 35.6 Å². The minimum atomic E-state index is -0.246. The van der Waals surface area contributed by atoms with Gasteiger partial charge in [0.25, 0.3) is 0 Å². The quantitative estimate of drug-likeness (QED) is 0.778. The number of piperazine rings is 1. The Kier molecular flexibility index (Phi) is 2.97. The highest BCUT2D eigenvalue weighted by Gasteiger charge is 2.18. The average Bonchev–Trinajstić information content (AvgIpc) is 2.24. The number of amides is 1. The van der Waals surface area contributed by atoms with E-state index in [1.807, 2.05) is 0 Å². The number of benzene rings is 1. The van der Waals surface area contributed by atoms with Crippen LogP contribution >= 0.6 is 0 Å². The number of carbonyl (C=O) groups is 1. The normalized spacial score (nSPS) is 16.9. The molecule has 1 heterocycles. The predicted octanol–water partition coefficient (Wildman–Crippen LogP) is 0.757. The van der Waals surface area contributed by atoms with Crippen LogP contribution in [0.1, 0.15) is 5.56 Å². The third-order valence-electron chi connectivity index (χ3n) is 2.51. The Bertz CT molecular complexity index is 367. The van der Waals surface area contributed by atoms with E-state index in [2.05, 4.69) is 5.32 Å². The molecule has 1 aromatic rings. The first-order chi connectivity index (χ1) is 7.27. The topological polar surface area (TPSA) is 32.3 Å². The zero-order valence-electron chi connectivity index (χ0n) is 8.37. The van der Waals surface area contributed by atoms with Crippen molar-refractivity contribution in [1.29, 1.82) is 0 Å². The molecule has 1 saturated heterocycles. The van der Waals surface area contributed by atoms with E-state index in [9.17, 15) is 9.18 Å². The Labute approximate surface area is 87.9 Å². The molecule has 0 bridgehead atoms. The molecular weight excluding hydrogens is 195 g/mol. The Morgan fingerprint density at radius 3 is 2.93 bits per heavy atom. The summed E-state index contributed by atoms with van der Waals surface area (Å²) in [5.74, 6) is -0.215. The maximum atomic E-state index is 13.3. The van der Waals surface area contributed by atoms with Crippen LogP contribution in [0.4, 0.5) is 4.39 Å². The standard InChI is InChI=1S/C11H13FN2O/c12-10-4-2-1-3-9(10)8-14-6-5-13-7-11(14)15/h1-4,13H,5-8H2. The van der Waals surface area contributed by atoms with Gasteiger partial charge in [-0.2, -0.15) is 0 Å². The third-order valence-corrected chi connectivity index (χ3v) is 2.51. The van der Waals surface area contributed by atoms with Crippen LogP contribution in [0.15, 0.2) is 24.3 Å². The van der Waals surface area contributed by atoms with Gasteiger partial charge in [-0.05, 0) is 6.07 Å². The molecule has 0 spiro atoms. The van der Waals surface area contributed by atoms with Gasteiger partial charge < -0.3 is 10.2 Å². The Hall–Kier alpha value is -1.42. The predicted molar refractivity (Wildman–Crippen MR) is 54.7 cm³/mol. The minimum absolute atomic E-state index is 0.0319. The average molecular weight is 208 g/mol. The molecule has 3 nitrogen and oxygen atoms in total. The van der Waals surface area contributed by atoms with Gasteiger partial charge in [0.05, 0.1) is 6.54 Å². The minimum Gasteiger partial charge on any atom is -0.336 e. The van der Waals surface area contributed by atoms with Gasteiger partial charge in [0.1, 0.15) is 5.82 Å². The van der Waals surface area contributed by atoms with E-state index in [0.717, 1.165) is 6.54 Å². The maximum Gasteiger partial charge on any atom is 0.236 e. The first-order valence-electron chi connectivity index (χ1n) is 4.99. The number of carbonyl (C=O) groups excluding carboxylic acids is 1. The molecule has 4 heteroatoms. The van der Waals surface area contributed by atoms with Gasteiger partial charge in [0.15, 0.2) is 0 Å². The first-order valence-corrected chi connectivity index (χ1v) is 4.99. The van der Waals surface area contributed by atoms with Crippen LogP contribution < -0.4 is 5.32 Å². The van der Waals surface area contributed by atoms with Crippen LogP contribution in [0.5, 0.6) is 0 Å². The fraction of sp³-hybridized carbons (Fsp3) is 0.364. The molecule has 1 aromatic carbocycles. The third kappa shape index (κ3) is 2.33. The number of hydrogen-bond donors (Lipinski definition) is 1. The number of rotatable bonds is 2. The molecule has 1 aliphatic heterocycles. The molecular formula is C11H13FN2O. The van der Waals surface area contributed by atoms with Crippen LogP contribution in [0, 0.1) is 5.82 Å². The van der Waals surface area contributed by atoms with Gasteiger partial charge in [-0.25, -0.2) is 4.39 Å². The van der Waals surface area contributed by atoms with E-state index in [4.69, 9.17) is 0 Å². The van der Waals surface area contributed by atoms with Crippen molar-refractivity contribution < 1.29 is 9.18 Å². The molecule has 80 valence electrons. The molecule has 0 aliphatic carbocycles. The van der Waals surface area contributed by atoms with Crippen LogP contribution in [0.25, 0.3) is 0 Å². The maximum absolute atomic E-state index is 13.3. The molecule has 1 aliphatic rings. The van der Waals surface area contributed by atoms with Crippen molar-refractivity contribution >= 4 is 5.91 Å². The Morgan fingerprint density at radius 2 is 2.20 bits per heavy atom. The summed E-state index contributed by atoms with van der Waals surface area (Å²) in [6, 6.07) is 6.57. The summed E-state index contributed by atoms with van der Waals surface area (Å²) in [6.45, 7) is 2.15. The van der Waals surface area contributed by atoms with E-state index in [1.54, 1.807) is 23.1 Å². The lowest BCUT2D eigenvalue weighted by Gasteiger charge is -2.27. The number of halogens is 1. The molecule has 1 fully saturated rings. The fourth-order valence-corrected chi connectivity index (χ4v) is 1.65. The van der Waals surface area contributed by atoms with E-state index < -0.39 is 0 Å². The second-order valence-electron chi connectivity index (χ2n) is 3.58. The van der Waals surface area contributed by atoms with E-state index >= 15 is 0 Å². The van der Waals surface area contributed by atoms with Crippen LogP contribution in [0.3, 0.4) is 0 Å². The van der Waals surface area contributed by atoms with Crippen LogP contribution in [0.2, 0.25) is 0 Å². The molecule has 0 atom stereocenters. The summed E-state index contributed by atoms with van der Waals surface area (Å²) in [5, 5.41) is 2.98. The van der Waals surface area contributed by atoms with Gasteiger partial charge in [-0.15, -0.1) is 0 Å². The molecule has 0 unspecified atom stereocenters.